The molecule has 0 radical (unpaired) electrons. The lowest BCUT2D eigenvalue weighted by Crippen LogP contribution is -2.26. The van der Waals surface area contributed by atoms with E-state index < -0.39 is 0 Å². The first kappa shape index (κ1) is 18.7. The molecule has 3 rings (SSSR count). The highest BCUT2D eigenvalue weighted by Crippen LogP contribution is 2.16. The normalized spacial score (nSPS) is 17.2. The third-order valence-corrected chi connectivity index (χ3v) is 5.15. The summed E-state index contributed by atoms with van der Waals surface area (Å²) in [5.41, 5.74) is 4.38. The van der Waals surface area contributed by atoms with Crippen LogP contribution in [0, 0.1) is 6.92 Å². The summed E-state index contributed by atoms with van der Waals surface area (Å²) in [4.78, 5) is 15.6. The monoisotopic (exact) mass is 355 g/mol. The Hall–Kier alpha value is -2.07. The lowest BCUT2D eigenvalue weighted by atomic mass is 10.0. The number of H-pyrrole nitrogens is 1. The highest BCUT2D eigenvalue weighted by atomic mass is 16.5. The van der Waals surface area contributed by atoms with Crippen molar-refractivity contribution < 1.29 is 9.47 Å². The topological polar surface area (TPSA) is 51.3 Å². The number of hydrogen-bond donors (Lipinski definition) is 1. The van der Waals surface area contributed by atoms with Crippen molar-refractivity contribution in [2.45, 2.75) is 58.5 Å². The van der Waals surface area contributed by atoms with E-state index in [2.05, 4.69) is 36.2 Å². The lowest BCUT2D eigenvalue weighted by Gasteiger charge is -2.22. The van der Waals surface area contributed by atoms with Crippen molar-refractivity contribution in [2.75, 3.05) is 13.2 Å². The molecule has 1 saturated heterocycles. The molecule has 26 heavy (non-hydrogen) atoms. The van der Waals surface area contributed by atoms with E-state index in [1.807, 2.05) is 6.92 Å². The number of hydrogen-bond acceptors (Lipinski definition) is 3. The smallest absolute Gasteiger partial charge is 0.194 e. The zero-order valence-electron chi connectivity index (χ0n) is 15.8. The van der Waals surface area contributed by atoms with Gasteiger partial charge >= 0.3 is 0 Å². The standard InChI is InChI=1S/C22H29NO3/c1-3-17-7-9-18(10-8-17)11-12-20-16(2)21(24)14-22(23-20)26-15-19-6-4-5-13-25-19/h7-10,14,19H,3-6,11-13,15H2,1-2H3,(H,23,24). The summed E-state index contributed by atoms with van der Waals surface area (Å²) in [6.45, 7) is 5.34. The third-order valence-electron chi connectivity index (χ3n) is 5.15. The summed E-state index contributed by atoms with van der Waals surface area (Å²) < 4.78 is 11.5. The van der Waals surface area contributed by atoms with Gasteiger partial charge in [-0.3, -0.25) is 4.79 Å². The molecule has 2 heterocycles. The number of nitrogens with one attached hydrogen (secondary N) is 1. The quantitative estimate of drug-likeness (QED) is 0.817. The number of aromatic nitrogens is 1. The highest BCUT2D eigenvalue weighted by Gasteiger charge is 2.15. The molecule has 1 aromatic heterocycles. The second-order valence-corrected chi connectivity index (χ2v) is 7.07. The number of aryl methyl sites for hydroxylation is 3. The zero-order valence-corrected chi connectivity index (χ0v) is 15.8. The molecule has 1 unspecified atom stereocenters. The summed E-state index contributed by atoms with van der Waals surface area (Å²) in [6, 6.07) is 10.3. The summed E-state index contributed by atoms with van der Waals surface area (Å²) in [5, 5.41) is 0. The molecule has 0 bridgehead atoms. The zero-order chi connectivity index (χ0) is 18.4. The molecular weight excluding hydrogens is 326 g/mol. The molecular formula is C22H29NO3. The van der Waals surface area contributed by atoms with Crippen molar-refractivity contribution in [2.24, 2.45) is 0 Å². The minimum absolute atomic E-state index is 0.0274. The van der Waals surface area contributed by atoms with Gasteiger partial charge in [-0.25, -0.2) is 0 Å². The van der Waals surface area contributed by atoms with Crippen LogP contribution in [0.25, 0.3) is 0 Å². The molecule has 140 valence electrons. The van der Waals surface area contributed by atoms with E-state index in [0.29, 0.717) is 12.5 Å². The molecule has 1 aromatic carbocycles. The highest BCUT2D eigenvalue weighted by molar-refractivity contribution is 5.27. The van der Waals surface area contributed by atoms with E-state index in [9.17, 15) is 4.79 Å². The number of aromatic amines is 1. The summed E-state index contributed by atoms with van der Waals surface area (Å²) >= 11 is 0. The molecule has 1 atom stereocenters. The van der Waals surface area contributed by atoms with Crippen LogP contribution in [0.3, 0.4) is 0 Å². The van der Waals surface area contributed by atoms with Gasteiger partial charge in [0.05, 0.1) is 6.10 Å². The molecule has 4 nitrogen and oxygen atoms in total. The predicted molar refractivity (Wildman–Crippen MR) is 104 cm³/mol. The number of benzene rings is 1. The van der Waals surface area contributed by atoms with Crippen molar-refractivity contribution in [1.82, 2.24) is 4.98 Å². The Morgan fingerprint density at radius 1 is 1.15 bits per heavy atom. The molecule has 1 N–H and O–H groups in total. The Morgan fingerprint density at radius 3 is 2.62 bits per heavy atom. The molecule has 0 amide bonds. The van der Waals surface area contributed by atoms with Gasteiger partial charge in [0.2, 0.25) is 0 Å². The fraction of sp³-hybridized carbons (Fsp3) is 0.500. The maximum atomic E-state index is 12.3. The van der Waals surface area contributed by atoms with Crippen LogP contribution in [0.1, 0.15) is 48.6 Å². The van der Waals surface area contributed by atoms with Gasteiger partial charge in [0.1, 0.15) is 6.61 Å². The van der Waals surface area contributed by atoms with E-state index in [1.165, 1.54) is 17.5 Å². The van der Waals surface area contributed by atoms with Crippen molar-refractivity contribution in [1.29, 1.82) is 0 Å². The second-order valence-electron chi connectivity index (χ2n) is 7.07. The van der Waals surface area contributed by atoms with Gasteiger partial charge in [0.15, 0.2) is 11.3 Å². The van der Waals surface area contributed by atoms with E-state index in [-0.39, 0.29) is 11.5 Å². The van der Waals surface area contributed by atoms with Gasteiger partial charge in [-0.15, -0.1) is 0 Å². The van der Waals surface area contributed by atoms with Crippen LogP contribution in [0.2, 0.25) is 0 Å². The van der Waals surface area contributed by atoms with E-state index in [4.69, 9.17) is 9.47 Å². The number of pyridine rings is 1. The Bertz CT molecular complexity index is 758. The van der Waals surface area contributed by atoms with Gasteiger partial charge in [0.25, 0.3) is 0 Å². The average Bonchev–Trinajstić information content (AvgIpc) is 2.69. The van der Waals surface area contributed by atoms with Crippen molar-refractivity contribution in [3.8, 4) is 5.88 Å². The molecule has 0 spiro atoms. The van der Waals surface area contributed by atoms with Crippen LogP contribution in [0.4, 0.5) is 0 Å². The molecule has 1 fully saturated rings. The maximum Gasteiger partial charge on any atom is 0.194 e. The van der Waals surface area contributed by atoms with Crippen LogP contribution in [0.15, 0.2) is 35.1 Å². The molecule has 0 aliphatic carbocycles. The molecule has 1 aliphatic rings. The number of ether oxygens (including phenoxy) is 2. The van der Waals surface area contributed by atoms with Gasteiger partial charge < -0.3 is 14.5 Å². The summed E-state index contributed by atoms with van der Waals surface area (Å²) in [7, 11) is 0. The van der Waals surface area contributed by atoms with Crippen molar-refractivity contribution >= 4 is 0 Å². The fourth-order valence-electron chi connectivity index (χ4n) is 3.31. The Morgan fingerprint density at radius 2 is 1.92 bits per heavy atom. The maximum absolute atomic E-state index is 12.3. The minimum Gasteiger partial charge on any atom is -0.476 e. The van der Waals surface area contributed by atoms with Gasteiger partial charge in [-0.2, -0.15) is 0 Å². The molecule has 4 heteroatoms. The van der Waals surface area contributed by atoms with E-state index >= 15 is 0 Å². The first-order valence-electron chi connectivity index (χ1n) is 9.70. The third kappa shape index (κ3) is 4.98. The number of rotatable bonds is 7. The first-order chi connectivity index (χ1) is 12.7. The van der Waals surface area contributed by atoms with Gasteiger partial charge in [-0.05, 0) is 56.6 Å². The Balaban J connectivity index is 1.63. The molecule has 1 aliphatic heterocycles. The van der Waals surface area contributed by atoms with Gasteiger partial charge in [-0.1, -0.05) is 31.2 Å². The van der Waals surface area contributed by atoms with Crippen molar-refractivity contribution in [3.05, 3.63) is 62.9 Å². The second kappa shape index (κ2) is 9.04. The van der Waals surface area contributed by atoms with E-state index in [1.54, 1.807) is 6.07 Å². The van der Waals surface area contributed by atoms with Crippen LogP contribution < -0.4 is 10.2 Å². The lowest BCUT2D eigenvalue weighted by molar-refractivity contribution is -0.0120. The van der Waals surface area contributed by atoms with Gasteiger partial charge in [0, 0.05) is 23.9 Å². The summed E-state index contributed by atoms with van der Waals surface area (Å²) in [5.74, 6) is 0.547. The Kier molecular flexibility index (Phi) is 6.51. The molecule has 2 aromatic rings. The van der Waals surface area contributed by atoms with E-state index in [0.717, 1.165) is 50.0 Å². The SMILES string of the molecule is CCc1ccc(CCc2[nH]c(OCC3CCCCO3)cc(=O)c2C)cc1. The van der Waals surface area contributed by atoms with Crippen LogP contribution in [-0.4, -0.2) is 24.3 Å². The summed E-state index contributed by atoms with van der Waals surface area (Å²) in [6.07, 6.45) is 6.21. The largest absolute Gasteiger partial charge is 0.476 e. The molecule has 0 saturated carbocycles. The van der Waals surface area contributed by atoms with Crippen LogP contribution in [0.5, 0.6) is 5.88 Å². The van der Waals surface area contributed by atoms with Crippen LogP contribution >= 0.6 is 0 Å². The average molecular weight is 355 g/mol. The van der Waals surface area contributed by atoms with Crippen LogP contribution in [-0.2, 0) is 24.0 Å². The first-order valence-corrected chi connectivity index (χ1v) is 9.70. The van der Waals surface area contributed by atoms with Crippen molar-refractivity contribution in [3.63, 3.8) is 0 Å². The predicted octanol–water partition coefficient (Wildman–Crippen LogP) is 3.98. The minimum atomic E-state index is 0.0274. The Labute approximate surface area is 155 Å². The fourth-order valence-corrected chi connectivity index (χ4v) is 3.31.